The summed E-state index contributed by atoms with van der Waals surface area (Å²) in [6.07, 6.45) is 3.16. The Hall–Kier alpha value is -0.830. The fraction of sp³-hybridized carbons (Fsp3) is 0.750. The van der Waals surface area contributed by atoms with Gasteiger partial charge in [0, 0.05) is 17.3 Å². The number of aromatic nitrogens is 2. The Balaban J connectivity index is 3.00. The molecular formula is C12H23N3. The van der Waals surface area contributed by atoms with Crippen molar-refractivity contribution >= 4 is 0 Å². The van der Waals surface area contributed by atoms with E-state index in [1.165, 1.54) is 17.0 Å². The lowest BCUT2D eigenvalue weighted by molar-refractivity contribution is 0.530. The van der Waals surface area contributed by atoms with E-state index in [0.29, 0.717) is 6.04 Å². The van der Waals surface area contributed by atoms with Gasteiger partial charge >= 0.3 is 0 Å². The first-order valence-electron chi connectivity index (χ1n) is 6.07. The van der Waals surface area contributed by atoms with Crippen LogP contribution in [0.2, 0.25) is 0 Å². The number of aryl methyl sites for hydroxylation is 2. The third kappa shape index (κ3) is 2.59. The lowest BCUT2D eigenvalue weighted by atomic mass is 9.99. The average Bonchev–Trinajstić information content (AvgIpc) is 2.68. The normalized spacial score (nSPS) is 13.1. The number of nitrogens with one attached hydrogen (secondary N) is 2. The van der Waals surface area contributed by atoms with E-state index >= 15 is 0 Å². The molecule has 0 aromatic carbocycles. The quantitative estimate of drug-likeness (QED) is 0.756. The van der Waals surface area contributed by atoms with Gasteiger partial charge in [-0.15, -0.1) is 0 Å². The van der Waals surface area contributed by atoms with Gasteiger partial charge in [-0.3, -0.25) is 5.10 Å². The van der Waals surface area contributed by atoms with Crippen molar-refractivity contribution in [3.63, 3.8) is 0 Å². The molecule has 0 spiro atoms. The molecule has 1 unspecified atom stereocenters. The Labute approximate surface area is 92.7 Å². The molecule has 1 heterocycles. The molecule has 0 aliphatic rings. The smallest absolute Gasteiger partial charge is 0.0670 e. The third-order valence-electron chi connectivity index (χ3n) is 2.86. The molecule has 15 heavy (non-hydrogen) atoms. The van der Waals surface area contributed by atoms with Gasteiger partial charge in [-0.25, -0.2) is 0 Å². The van der Waals surface area contributed by atoms with Crippen LogP contribution in [-0.4, -0.2) is 16.7 Å². The number of rotatable bonds is 6. The fourth-order valence-corrected chi connectivity index (χ4v) is 2.08. The summed E-state index contributed by atoms with van der Waals surface area (Å²) in [6, 6.07) is 0.457. The van der Waals surface area contributed by atoms with Crippen molar-refractivity contribution in [3.8, 4) is 0 Å². The maximum Gasteiger partial charge on any atom is 0.0670 e. The Morgan fingerprint density at radius 2 is 1.93 bits per heavy atom. The Kier molecular flexibility index (Phi) is 4.82. The van der Waals surface area contributed by atoms with Gasteiger partial charge in [0.15, 0.2) is 0 Å². The van der Waals surface area contributed by atoms with Crippen LogP contribution in [0.15, 0.2) is 0 Å². The van der Waals surface area contributed by atoms with E-state index in [2.05, 4.69) is 43.2 Å². The van der Waals surface area contributed by atoms with E-state index in [9.17, 15) is 0 Å². The first-order chi connectivity index (χ1) is 7.28. The highest BCUT2D eigenvalue weighted by atomic mass is 15.1. The molecule has 0 fully saturated rings. The predicted octanol–water partition coefficient (Wildman–Crippen LogP) is 2.60. The minimum absolute atomic E-state index is 0.457. The van der Waals surface area contributed by atoms with E-state index in [1.807, 2.05) is 0 Å². The molecule has 1 aromatic heterocycles. The molecule has 0 radical (unpaired) electrons. The fourth-order valence-electron chi connectivity index (χ4n) is 2.08. The zero-order chi connectivity index (χ0) is 11.3. The monoisotopic (exact) mass is 209 g/mol. The van der Waals surface area contributed by atoms with Crippen molar-refractivity contribution in [3.05, 3.63) is 17.0 Å². The van der Waals surface area contributed by atoms with Crippen LogP contribution in [-0.2, 0) is 12.8 Å². The van der Waals surface area contributed by atoms with Crippen LogP contribution in [0.1, 0.15) is 57.1 Å². The predicted molar refractivity (Wildman–Crippen MR) is 64.1 cm³/mol. The number of hydrogen-bond donors (Lipinski definition) is 2. The van der Waals surface area contributed by atoms with Crippen LogP contribution in [0.4, 0.5) is 0 Å². The minimum atomic E-state index is 0.457. The molecule has 0 saturated carbocycles. The summed E-state index contributed by atoms with van der Waals surface area (Å²) in [7, 11) is 0. The van der Waals surface area contributed by atoms with Gasteiger partial charge in [-0.1, -0.05) is 27.7 Å². The highest BCUT2D eigenvalue weighted by molar-refractivity contribution is 5.29. The van der Waals surface area contributed by atoms with Gasteiger partial charge in [-0.2, -0.15) is 5.10 Å². The van der Waals surface area contributed by atoms with Crippen LogP contribution in [0.3, 0.4) is 0 Å². The van der Waals surface area contributed by atoms with Crippen LogP contribution < -0.4 is 5.32 Å². The van der Waals surface area contributed by atoms with Crippen LogP contribution >= 0.6 is 0 Å². The number of hydrogen-bond acceptors (Lipinski definition) is 2. The summed E-state index contributed by atoms with van der Waals surface area (Å²) in [5, 5.41) is 11.1. The molecule has 0 bridgehead atoms. The molecule has 0 amide bonds. The molecule has 3 heteroatoms. The third-order valence-corrected chi connectivity index (χ3v) is 2.86. The Morgan fingerprint density at radius 1 is 1.20 bits per heavy atom. The largest absolute Gasteiger partial charge is 0.310 e. The summed E-state index contributed by atoms with van der Waals surface area (Å²) < 4.78 is 0. The van der Waals surface area contributed by atoms with E-state index < -0.39 is 0 Å². The molecule has 3 nitrogen and oxygen atoms in total. The van der Waals surface area contributed by atoms with Gasteiger partial charge in [0.1, 0.15) is 0 Å². The van der Waals surface area contributed by atoms with E-state index in [1.54, 1.807) is 0 Å². The Morgan fingerprint density at radius 3 is 2.40 bits per heavy atom. The molecule has 0 aliphatic heterocycles. The van der Waals surface area contributed by atoms with Crippen molar-refractivity contribution in [1.82, 2.24) is 15.5 Å². The zero-order valence-corrected chi connectivity index (χ0v) is 10.4. The summed E-state index contributed by atoms with van der Waals surface area (Å²) in [5.74, 6) is 0. The molecule has 1 aromatic rings. The second-order valence-electron chi connectivity index (χ2n) is 3.79. The van der Waals surface area contributed by atoms with Gasteiger partial charge in [0.2, 0.25) is 0 Å². The zero-order valence-electron chi connectivity index (χ0n) is 10.4. The van der Waals surface area contributed by atoms with Crippen molar-refractivity contribution in [2.24, 2.45) is 0 Å². The first kappa shape index (κ1) is 12.2. The second kappa shape index (κ2) is 5.91. The molecule has 1 atom stereocenters. The average molecular weight is 209 g/mol. The lowest BCUT2D eigenvalue weighted by Crippen LogP contribution is -2.21. The maximum atomic E-state index is 4.39. The molecule has 2 N–H and O–H groups in total. The van der Waals surface area contributed by atoms with Crippen LogP contribution in [0.25, 0.3) is 0 Å². The van der Waals surface area contributed by atoms with Crippen molar-refractivity contribution in [2.45, 2.75) is 53.0 Å². The molecule has 1 rings (SSSR count). The summed E-state index contributed by atoms with van der Waals surface area (Å²) in [6.45, 7) is 9.72. The topological polar surface area (TPSA) is 40.7 Å². The van der Waals surface area contributed by atoms with E-state index in [-0.39, 0.29) is 0 Å². The van der Waals surface area contributed by atoms with Gasteiger partial charge in [0.25, 0.3) is 0 Å². The standard InChI is InChI=1S/C12H23N3/c1-5-9(13-8-4)12-10(6-2)14-15-11(12)7-3/h9,13H,5-8H2,1-4H3,(H,14,15). The lowest BCUT2D eigenvalue weighted by Gasteiger charge is -2.17. The van der Waals surface area contributed by atoms with Crippen molar-refractivity contribution in [1.29, 1.82) is 0 Å². The summed E-state index contributed by atoms with van der Waals surface area (Å²) in [5.41, 5.74) is 3.92. The SMILES string of the molecule is CCNC(CC)c1c(CC)n[nH]c1CC. The van der Waals surface area contributed by atoms with Gasteiger partial charge < -0.3 is 5.32 Å². The van der Waals surface area contributed by atoms with Gasteiger partial charge in [0.05, 0.1) is 5.69 Å². The van der Waals surface area contributed by atoms with Crippen molar-refractivity contribution in [2.75, 3.05) is 6.54 Å². The number of H-pyrrole nitrogens is 1. The van der Waals surface area contributed by atoms with Crippen LogP contribution in [0, 0.1) is 0 Å². The second-order valence-corrected chi connectivity index (χ2v) is 3.79. The number of aromatic amines is 1. The van der Waals surface area contributed by atoms with Gasteiger partial charge in [-0.05, 0) is 25.8 Å². The minimum Gasteiger partial charge on any atom is -0.310 e. The summed E-state index contributed by atoms with van der Waals surface area (Å²) >= 11 is 0. The van der Waals surface area contributed by atoms with Crippen LogP contribution in [0.5, 0.6) is 0 Å². The molecule has 86 valence electrons. The Bertz CT molecular complexity index is 270. The van der Waals surface area contributed by atoms with E-state index in [4.69, 9.17) is 0 Å². The number of nitrogens with zero attached hydrogens (tertiary/aromatic N) is 1. The highest BCUT2D eigenvalue weighted by Gasteiger charge is 2.18. The molecule has 0 aliphatic carbocycles. The highest BCUT2D eigenvalue weighted by Crippen LogP contribution is 2.24. The summed E-state index contributed by atoms with van der Waals surface area (Å²) in [4.78, 5) is 0. The van der Waals surface area contributed by atoms with Crippen molar-refractivity contribution < 1.29 is 0 Å². The first-order valence-corrected chi connectivity index (χ1v) is 6.07. The van der Waals surface area contributed by atoms with E-state index in [0.717, 1.165) is 25.8 Å². The molecule has 0 saturated heterocycles. The molecular weight excluding hydrogens is 186 g/mol. The maximum absolute atomic E-state index is 4.39.